The number of nitrogens with one attached hydrogen (secondary N) is 1. The van der Waals surface area contributed by atoms with E-state index < -0.39 is 0 Å². The molecule has 0 bridgehead atoms. The fourth-order valence-electron chi connectivity index (χ4n) is 1.51. The van der Waals surface area contributed by atoms with Crippen LogP contribution >= 0.6 is 0 Å². The van der Waals surface area contributed by atoms with Gasteiger partial charge in [0.25, 0.3) is 0 Å². The molecule has 0 aromatic heterocycles. The lowest BCUT2D eigenvalue weighted by atomic mass is 10.2. The summed E-state index contributed by atoms with van der Waals surface area (Å²) in [6, 6.07) is 0. The standard InChI is InChI=1S/C15H30N2O5.2C2H6.2H2/c1-14(18)4-5-15(19)17-7-3-9-21-11-13-22-12-10-20-8-2-6-16;2*1-2;;/h2-13,16H2,1H3,(H,17,19);2*1-2H3;2*1H. The first-order chi connectivity index (χ1) is 12.7. The number of hydrogen-bond acceptors (Lipinski definition) is 6. The number of nitrogens with two attached hydrogens (primary N) is 1. The summed E-state index contributed by atoms with van der Waals surface area (Å²) in [5.74, 6) is -0.0589. The highest BCUT2D eigenvalue weighted by molar-refractivity contribution is 5.83. The molecule has 0 aliphatic carbocycles. The smallest absolute Gasteiger partial charge is 0.220 e. The molecule has 0 fully saturated rings. The van der Waals surface area contributed by atoms with Gasteiger partial charge < -0.3 is 30.1 Å². The van der Waals surface area contributed by atoms with Gasteiger partial charge in [-0.3, -0.25) is 4.79 Å². The van der Waals surface area contributed by atoms with E-state index in [1.807, 2.05) is 27.7 Å². The van der Waals surface area contributed by atoms with Crippen molar-refractivity contribution in [2.75, 3.05) is 52.7 Å². The van der Waals surface area contributed by atoms with E-state index in [0.29, 0.717) is 59.2 Å². The van der Waals surface area contributed by atoms with Crippen LogP contribution < -0.4 is 11.1 Å². The maximum Gasteiger partial charge on any atom is 0.220 e. The van der Waals surface area contributed by atoms with Crippen LogP contribution in [0.15, 0.2) is 0 Å². The Morgan fingerprint density at radius 3 is 1.73 bits per heavy atom. The molecular formula is C19H46N2O5. The molecule has 162 valence electrons. The Labute approximate surface area is 163 Å². The van der Waals surface area contributed by atoms with Gasteiger partial charge in [-0.25, -0.2) is 0 Å². The van der Waals surface area contributed by atoms with Crippen molar-refractivity contribution in [1.82, 2.24) is 5.32 Å². The molecule has 7 heteroatoms. The first kappa shape index (κ1) is 29.7. The molecule has 0 atom stereocenters. The van der Waals surface area contributed by atoms with E-state index in [2.05, 4.69) is 5.32 Å². The molecular weight excluding hydrogens is 336 g/mol. The second-order valence-electron chi connectivity index (χ2n) is 4.88. The van der Waals surface area contributed by atoms with E-state index in [0.717, 1.165) is 12.8 Å². The molecule has 0 aromatic carbocycles. The lowest BCUT2D eigenvalue weighted by Gasteiger charge is -2.07. The van der Waals surface area contributed by atoms with E-state index in [1.54, 1.807) is 0 Å². The first-order valence-electron chi connectivity index (χ1n) is 9.86. The highest BCUT2D eigenvalue weighted by atomic mass is 16.5. The van der Waals surface area contributed by atoms with Crippen molar-refractivity contribution < 1.29 is 26.7 Å². The van der Waals surface area contributed by atoms with Crippen LogP contribution in [-0.4, -0.2) is 64.4 Å². The zero-order valence-corrected chi connectivity index (χ0v) is 17.6. The SMILES string of the molecule is CC.CC.CC(=O)CCC(=O)NCCCOCCOCCOCCCN.[HH].[HH]. The summed E-state index contributed by atoms with van der Waals surface area (Å²) in [7, 11) is 0. The number of ether oxygens (including phenoxy) is 3. The summed E-state index contributed by atoms with van der Waals surface area (Å²) in [5, 5.41) is 2.75. The number of ketones is 1. The second-order valence-corrected chi connectivity index (χ2v) is 4.88. The monoisotopic (exact) mass is 382 g/mol. The first-order valence-corrected chi connectivity index (χ1v) is 9.86. The molecule has 1 amide bonds. The van der Waals surface area contributed by atoms with Gasteiger partial charge in [-0.2, -0.15) is 0 Å². The van der Waals surface area contributed by atoms with E-state index in [1.165, 1.54) is 6.92 Å². The molecule has 0 saturated heterocycles. The van der Waals surface area contributed by atoms with Gasteiger partial charge in [0.2, 0.25) is 5.91 Å². The van der Waals surface area contributed by atoms with Crippen molar-refractivity contribution in [3.63, 3.8) is 0 Å². The molecule has 0 aliphatic heterocycles. The molecule has 0 aromatic rings. The van der Waals surface area contributed by atoms with Crippen molar-refractivity contribution in [3.8, 4) is 0 Å². The summed E-state index contributed by atoms with van der Waals surface area (Å²) in [5.41, 5.74) is 5.34. The Bertz CT molecular complexity index is 299. The zero-order valence-electron chi connectivity index (χ0n) is 17.6. The Hall–Kier alpha value is -1.02. The van der Waals surface area contributed by atoms with Crippen LogP contribution in [-0.2, 0) is 23.8 Å². The van der Waals surface area contributed by atoms with E-state index in [-0.39, 0.29) is 21.0 Å². The Kier molecular flexibility index (Phi) is 32.9. The summed E-state index contributed by atoms with van der Waals surface area (Å²) >= 11 is 0. The lowest BCUT2D eigenvalue weighted by molar-refractivity contribution is -0.124. The molecule has 0 saturated carbocycles. The van der Waals surface area contributed by atoms with Crippen LogP contribution in [0.25, 0.3) is 0 Å². The third kappa shape index (κ3) is 30.8. The van der Waals surface area contributed by atoms with Crippen LogP contribution in [0.3, 0.4) is 0 Å². The van der Waals surface area contributed by atoms with Gasteiger partial charge in [0.05, 0.1) is 26.4 Å². The van der Waals surface area contributed by atoms with Gasteiger partial charge in [0, 0.05) is 35.5 Å². The summed E-state index contributed by atoms with van der Waals surface area (Å²) in [4.78, 5) is 22.0. The van der Waals surface area contributed by atoms with Gasteiger partial charge in [-0.1, -0.05) is 27.7 Å². The summed E-state index contributed by atoms with van der Waals surface area (Å²) in [6.45, 7) is 14.1. The predicted molar refractivity (Wildman–Crippen MR) is 111 cm³/mol. The third-order valence-corrected chi connectivity index (χ3v) is 2.73. The molecule has 3 N–H and O–H groups in total. The fourth-order valence-corrected chi connectivity index (χ4v) is 1.51. The molecule has 0 spiro atoms. The third-order valence-electron chi connectivity index (χ3n) is 2.73. The van der Waals surface area contributed by atoms with Crippen molar-refractivity contribution in [1.29, 1.82) is 0 Å². The average molecular weight is 383 g/mol. The molecule has 26 heavy (non-hydrogen) atoms. The van der Waals surface area contributed by atoms with Crippen molar-refractivity contribution in [2.45, 2.75) is 60.3 Å². The van der Waals surface area contributed by atoms with Crippen LogP contribution in [0, 0.1) is 0 Å². The highest BCUT2D eigenvalue weighted by Crippen LogP contribution is 1.90. The number of amides is 1. The molecule has 0 unspecified atom stereocenters. The lowest BCUT2D eigenvalue weighted by Crippen LogP contribution is -2.25. The molecule has 7 nitrogen and oxygen atoms in total. The van der Waals surface area contributed by atoms with Crippen molar-refractivity contribution in [3.05, 3.63) is 0 Å². The van der Waals surface area contributed by atoms with Gasteiger partial charge >= 0.3 is 0 Å². The molecule has 0 aliphatic rings. The Balaban J connectivity index is -0.000000274. The summed E-state index contributed by atoms with van der Waals surface area (Å²) in [6.07, 6.45) is 2.18. The van der Waals surface area contributed by atoms with Crippen molar-refractivity contribution in [2.24, 2.45) is 5.73 Å². The highest BCUT2D eigenvalue weighted by Gasteiger charge is 2.02. The fraction of sp³-hybridized carbons (Fsp3) is 0.895. The number of carbonyl (C=O) groups is 2. The predicted octanol–water partition coefficient (Wildman–Crippen LogP) is 2.80. The van der Waals surface area contributed by atoms with Crippen molar-refractivity contribution >= 4 is 11.7 Å². The van der Waals surface area contributed by atoms with Gasteiger partial charge in [0.15, 0.2) is 0 Å². The van der Waals surface area contributed by atoms with Crippen LogP contribution in [0.2, 0.25) is 0 Å². The number of carbonyl (C=O) groups excluding carboxylic acids is 2. The maximum absolute atomic E-state index is 11.3. The largest absolute Gasteiger partial charge is 0.379 e. The number of Topliss-reactive ketones (excluding diaryl/α,β-unsaturated/α-hetero) is 1. The number of hydrogen-bond donors (Lipinski definition) is 2. The minimum Gasteiger partial charge on any atom is -0.379 e. The van der Waals surface area contributed by atoms with E-state index in [9.17, 15) is 9.59 Å². The minimum atomic E-state index is -0.0897. The molecule has 0 heterocycles. The topological polar surface area (TPSA) is 99.9 Å². The normalized spacial score (nSPS) is 9.46. The summed E-state index contributed by atoms with van der Waals surface area (Å²) < 4.78 is 16.0. The average Bonchev–Trinajstić information content (AvgIpc) is 2.67. The van der Waals surface area contributed by atoms with Gasteiger partial charge in [-0.15, -0.1) is 0 Å². The Morgan fingerprint density at radius 1 is 0.808 bits per heavy atom. The Morgan fingerprint density at radius 2 is 1.27 bits per heavy atom. The molecule has 0 rings (SSSR count). The quantitative estimate of drug-likeness (QED) is 0.398. The zero-order chi connectivity index (χ0) is 20.5. The van der Waals surface area contributed by atoms with E-state index >= 15 is 0 Å². The van der Waals surface area contributed by atoms with E-state index in [4.69, 9.17) is 19.9 Å². The maximum atomic E-state index is 11.3. The number of rotatable bonds is 16. The minimum absolute atomic E-state index is 0. The second kappa shape index (κ2) is 28.8. The van der Waals surface area contributed by atoms with Gasteiger partial charge in [0.1, 0.15) is 5.78 Å². The van der Waals surface area contributed by atoms with Crippen LogP contribution in [0.1, 0.15) is 63.2 Å². The van der Waals surface area contributed by atoms with Gasteiger partial charge in [-0.05, 0) is 26.3 Å². The molecule has 0 radical (unpaired) electrons. The van der Waals surface area contributed by atoms with Crippen LogP contribution in [0.4, 0.5) is 0 Å². The van der Waals surface area contributed by atoms with Crippen LogP contribution in [0.5, 0.6) is 0 Å².